The highest BCUT2D eigenvalue weighted by Crippen LogP contribution is 2.33. The molecule has 3 aromatic heterocycles. The largest absolute Gasteiger partial charge is 0.476 e. The number of pyridine rings is 2. The Morgan fingerprint density at radius 2 is 1.68 bits per heavy atom. The molecule has 0 radical (unpaired) electrons. The van der Waals surface area contributed by atoms with Crippen LogP contribution in [0.2, 0.25) is 0 Å². The number of fused-ring (bicyclic) bond motifs is 1. The number of aromatic nitrogens is 4. The van der Waals surface area contributed by atoms with Crippen LogP contribution >= 0.6 is 0 Å². The Morgan fingerprint density at radius 1 is 0.865 bits per heavy atom. The second-order valence-corrected chi connectivity index (χ2v) is 9.13. The molecule has 5 rings (SSSR count). The van der Waals surface area contributed by atoms with Crippen LogP contribution in [-0.4, -0.2) is 38.2 Å². The highest BCUT2D eigenvalue weighted by atomic mass is 16.5. The summed E-state index contributed by atoms with van der Waals surface area (Å²) in [7, 11) is 0. The van der Waals surface area contributed by atoms with Crippen LogP contribution in [-0.2, 0) is 5.60 Å². The van der Waals surface area contributed by atoms with Crippen molar-refractivity contribution in [3.05, 3.63) is 90.8 Å². The molecule has 0 bridgehead atoms. The number of rotatable bonds is 8. The monoisotopic (exact) mass is 492 g/mol. The predicted molar refractivity (Wildman–Crippen MR) is 146 cm³/mol. The van der Waals surface area contributed by atoms with Gasteiger partial charge in [-0.15, -0.1) is 0 Å². The summed E-state index contributed by atoms with van der Waals surface area (Å²) in [6.45, 7) is 4.12. The zero-order valence-electron chi connectivity index (χ0n) is 20.7. The fourth-order valence-electron chi connectivity index (χ4n) is 3.96. The molecule has 3 heterocycles. The molecule has 5 aromatic rings. The summed E-state index contributed by atoms with van der Waals surface area (Å²) in [6, 6.07) is 25.2. The number of ether oxygens (including phenoxy) is 1. The lowest BCUT2D eigenvalue weighted by Gasteiger charge is -2.17. The highest BCUT2D eigenvalue weighted by molar-refractivity contribution is 5.88. The van der Waals surface area contributed by atoms with E-state index in [0.29, 0.717) is 47.7 Å². The zero-order valence-corrected chi connectivity index (χ0v) is 20.7. The maximum atomic E-state index is 10.2. The van der Waals surface area contributed by atoms with Crippen molar-refractivity contribution in [1.29, 1.82) is 0 Å². The Labute approximate surface area is 215 Å². The molecule has 0 spiro atoms. The topological polar surface area (TPSA) is 119 Å². The number of nitrogens with two attached hydrogens (primary N) is 1. The van der Waals surface area contributed by atoms with Gasteiger partial charge in [0, 0.05) is 28.8 Å². The van der Waals surface area contributed by atoms with Gasteiger partial charge in [0.05, 0.1) is 29.1 Å². The van der Waals surface area contributed by atoms with Crippen LogP contribution in [0.1, 0.15) is 19.5 Å². The zero-order chi connectivity index (χ0) is 25.8. The van der Waals surface area contributed by atoms with Crippen molar-refractivity contribution in [2.24, 2.45) is 0 Å². The average Bonchev–Trinajstić information content (AvgIpc) is 2.91. The van der Waals surface area contributed by atoms with Crippen LogP contribution in [0.3, 0.4) is 0 Å². The normalized spacial score (nSPS) is 11.4. The van der Waals surface area contributed by atoms with Gasteiger partial charge in [-0.05, 0) is 38.1 Å². The van der Waals surface area contributed by atoms with Gasteiger partial charge in [-0.1, -0.05) is 48.5 Å². The van der Waals surface area contributed by atoms with Crippen LogP contribution in [0, 0.1) is 0 Å². The van der Waals surface area contributed by atoms with Crippen LogP contribution in [0.4, 0.5) is 11.6 Å². The molecule has 0 atom stereocenters. The number of aliphatic hydroxyl groups is 1. The molecule has 0 unspecified atom stereocenters. The minimum absolute atomic E-state index is 0.298. The predicted octanol–water partition coefficient (Wildman–Crippen LogP) is 5.05. The molecule has 0 saturated heterocycles. The van der Waals surface area contributed by atoms with E-state index < -0.39 is 5.60 Å². The number of hydrogen-bond donors (Lipinski definition) is 3. The average molecular weight is 493 g/mol. The molecule has 8 heteroatoms. The van der Waals surface area contributed by atoms with Gasteiger partial charge in [-0.3, -0.25) is 4.98 Å². The number of nitrogens with one attached hydrogen (secondary N) is 1. The number of hydrogen-bond acceptors (Lipinski definition) is 8. The van der Waals surface area contributed by atoms with E-state index in [-0.39, 0.29) is 0 Å². The highest BCUT2D eigenvalue weighted by Gasteiger charge is 2.18. The molecule has 0 fully saturated rings. The molecule has 0 aliphatic carbocycles. The van der Waals surface area contributed by atoms with Crippen molar-refractivity contribution in [2.75, 3.05) is 24.2 Å². The van der Waals surface area contributed by atoms with E-state index in [0.717, 1.165) is 22.0 Å². The third-order valence-corrected chi connectivity index (χ3v) is 5.84. The van der Waals surface area contributed by atoms with Gasteiger partial charge in [0.25, 0.3) is 0 Å². The van der Waals surface area contributed by atoms with Crippen molar-refractivity contribution in [3.63, 3.8) is 0 Å². The Kier molecular flexibility index (Phi) is 6.66. The second-order valence-electron chi connectivity index (χ2n) is 9.13. The van der Waals surface area contributed by atoms with Gasteiger partial charge >= 0.3 is 0 Å². The van der Waals surface area contributed by atoms with E-state index in [2.05, 4.69) is 21.4 Å². The third kappa shape index (κ3) is 5.49. The van der Waals surface area contributed by atoms with E-state index in [1.54, 1.807) is 38.2 Å². The second kappa shape index (κ2) is 10.2. The number of nitrogens with zero attached hydrogens (tertiary/aromatic N) is 4. The quantitative estimate of drug-likeness (QED) is 0.257. The van der Waals surface area contributed by atoms with Gasteiger partial charge < -0.3 is 20.9 Å². The van der Waals surface area contributed by atoms with Gasteiger partial charge in [0.15, 0.2) is 11.6 Å². The SMILES string of the molecule is CC(C)(O)c1cccc(OCCNc2nc(-c3ccc4ncccc4c3)c(-c3ccccc3)nc2N)n1. The van der Waals surface area contributed by atoms with Crippen LogP contribution < -0.4 is 15.8 Å². The van der Waals surface area contributed by atoms with Gasteiger partial charge in [-0.25, -0.2) is 15.0 Å². The van der Waals surface area contributed by atoms with E-state index in [1.807, 2.05) is 54.6 Å². The molecule has 2 aromatic carbocycles. The van der Waals surface area contributed by atoms with E-state index in [9.17, 15) is 5.11 Å². The van der Waals surface area contributed by atoms with Gasteiger partial charge in [0.1, 0.15) is 12.2 Å². The fourth-order valence-corrected chi connectivity index (χ4v) is 3.96. The first-order valence-corrected chi connectivity index (χ1v) is 12.0. The van der Waals surface area contributed by atoms with Gasteiger partial charge in [0.2, 0.25) is 5.88 Å². The van der Waals surface area contributed by atoms with Crippen molar-refractivity contribution in [1.82, 2.24) is 19.9 Å². The lowest BCUT2D eigenvalue weighted by Crippen LogP contribution is -2.19. The summed E-state index contributed by atoms with van der Waals surface area (Å²) >= 11 is 0. The first-order chi connectivity index (χ1) is 17.9. The molecule has 37 heavy (non-hydrogen) atoms. The Balaban J connectivity index is 1.41. The van der Waals surface area contributed by atoms with Crippen molar-refractivity contribution >= 4 is 22.5 Å². The Morgan fingerprint density at radius 3 is 2.49 bits per heavy atom. The summed E-state index contributed by atoms with van der Waals surface area (Å²) < 4.78 is 5.78. The summed E-state index contributed by atoms with van der Waals surface area (Å²) in [6.07, 6.45) is 1.78. The molecular weight excluding hydrogens is 464 g/mol. The van der Waals surface area contributed by atoms with E-state index in [1.165, 1.54) is 0 Å². The summed E-state index contributed by atoms with van der Waals surface area (Å²) in [5, 5.41) is 14.4. The van der Waals surface area contributed by atoms with Crippen molar-refractivity contribution in [3.8, 4) is 28.4 Å². The minimum Gasteiger partial charge on any atom is -0.476 e. The van der Waals surface area contributed by atoms with Crippen LogP contribution in [0.5, 0.6) is 5.88 Å². The van der Waals surface area contributed by atoms with Gasteiger partial charge in [-0.2, -0.15) is 0 Å². The maximum absolute atomic E-state index is 10.2. The van der Waals surface area contributed by atoms with Crippen molar-refractivity contribution < 1.29 is 9.84 Å². The molecular formula is C29H28N6O2. The summed E-state index contributed by atoms with van der Waals surface area (Å²) in [5.74, 6) is 1.21. The molecule has 0 aliphatic rings. The minimum atomic E-state index is -1.04. The van der Waals surface area contributed by atoms with E-state index in [4.69, 9.17) is 20.4 Å². The number of nitrogen functional groups attached to an aromatic ring is 1. The fraction of sp³-hybridized carbons (Fsp3) is 0.172. The first-order valence-electron chi connectivity index (χ1n) is 12.0. The summed E-state index contributed by atoms with van der Waals surface area (Å²) in [4.78, 5) is 18.4. The molecule has 186 valence electrons. The van der Waals surface area contributed by atoms with E-state index >= 15 is 0 Å². The lowest BCUT2D eigenvalue weighted by molar-refractivity contribution is 0.0730. The molecule has 4 N–H and O–H groups in total. The first kappa shape index (κ1) is 24.1. The number of benzene rings is 2. The standard InChI is InChI=1S/C29H28N6O2/c1-29(2,36)23-11-6-12-24(33-23)37-17-16-32-28-27(30)34-25(19-8-4-3-5-9-19)26(35-28)21-13-14-22-20(18-21)10-7-15-31-22/h3-15,18,36H,16-17H2,1-2H3,(H2,30,34)(H,32,35). The Bertz CT molecular complexity index is 1530. The lowest BCUT2D eigenvalue weighted by atomic mass is 10.0. The molecule has 8 nitrogen and oxygen atoms in total. The van der Waals surface area contributed by atoms with Crippen LogP contribution in [0.25, 0.3) is 33.4 Å². The maximum Gasteiger partial charge on any atom is 0.213 e. The number of anilines is 2. The van der Waals surface area contributed by atoms with Crippen molar-refractivity contribution in [2.45, 2.75) is 19.4 Å². The Hall–Kier alpha value is -4.56. The molecule has 0 aliphatic heterocycles. The summed E-state index contributed by atoms with van der Waals surface area (Å²) in [5.41, 5.74) is 10.0. The third-order valence-electron chi connectivity index (χ3n) is 5.84. The molecule has 0 amide bonds. The van der Waals surface area contributed by atoms with Crippen LogP contribution in [0.15, 0.2) is 85.1 Å². The molecule has 0 saturated carbocycles. The smallest absolute Gasteiger partial charge is 0.213 e.